The molecule has 0 aliphatic carbocycles. The SMILES string of the molecule is Oc1ccc(Cl)cc1C1=NN2[C@H](C1)c1cc(Cl)ccc1O[C@H]2c1ccco1. The summed E-state index contributed by atoms with van der Waals surface area (Å²) in [5.74, 6) is 1.54. The highest BCUT2D eigenvalue weighted by atomic mass is 35.5. The topological polar surface area (TPSA) is 58.2 Å². The highest BCUT2D eigenvalue weighted by Crippen LogP contribution is 2.48. The van der Waals surface area contributed by atoms with Crippen LogP contribution >= 0.6 is 23.2 Å². The van der Waals surface area contributed by atoms with Gasteiger partial charge in [-0.2, -0.15) is 5.10 Å². The number of benzene rings is 2. The van der Waals surface area contributed by atoms with E-state index in [0.717, 1.165) is 17.0 Å². The maximum absolute atomic E-state index is 10.3. The van der Waals surface area contributed by atoms with Crippen molar-refractivity contribution in [3.8, 4) is 11.5 Å². The second kappa shape index (κ2) is 6.22. The summed E-state index contributed by atoms with van der Waals surface area (Å²) < 4.78 is 11.7. The first-order valence-corrected chi connectivity index (χ1v) is 9.20. The predicted octanol–water partition coefficient (Wildman–Crippen LogP) is 5.53. The Morgan fingerprint density at radius 3 is 2.70 bits per heavy atom. The normalized spacial score (nSPS) is 20.7. The van der Waals surface area contributed by atoms with Crippen molar-refractivity contribution in [2.75, 3.05) is 0 Å². The van der Waals surface area contributed by atoms with E-state index in [0.29, 0.717) is 27.8 Å². The van der Waals surface area contributed by atoms with Crippen molar-refractivity contribution in [3.63, 3.8) is 0 Å². The number of aromatic hydroxyl groups is 1. The number of nitrogens with zero attached hydrogens (tertiary/aromatic N) is 2. The number of halogens is 2. The van der Waals surface area contributed by atoms with Gasteiger partial charge in [0.2, 0.25) is 6.23 Å². The molecule has 3 aromatic rings. The van der Waals surface area contributed by atoms with E-state index in [1.165, 1.54) is 0 Å². The van der Waals surface area contributed by atoms with Gasteiger partial charge >= 0.3 is 0 Å². The molecule has 3 heterocycles. The Balaban J connectivity index is 1.63. The number of phenols is 1. The zero-order chi connectivity index (χ0) is 18.5. The third kappa shape index (κ3) is 2.74. The summed E-state index contributed by atoms with van der Waals surface area (Å²) >= 11 is 12.3. The minimum Gasteiger partial charge on any atom is -0.507 e. The van der Waals surface area contributed by atoms with E-state index < -0.39 is 6.23 Å². The second-order valence-corrected chi connectivity index (χ2v) is 7.35. The van der Waals surface area contributed by atoms with Crippen molar-refractivity contribution < 1.29 is 14.3 Å². The molecule has 2 aliphatic heterocycles. The largest absolute Gasteiger partial charge is 0.507 e. The van der Waals surface area contributed by atoms with Crippen LogP contribution in [-0.2, 0) is 0 Å². The van der Waals surface area contributed by atoms with E-state index in [2.05, 4.69) is 0 Å². The average molecular weight is 401 g/mol. The van der Waals surface area contributed by atoms with Gasteiger partial charge in [-0.15, -0.1) is 0 Å². The zero-order valence-electron chi connectivity index (χ0n) is 14.0. The van der Waals surface area contributed by atoms with Gasteiger partial charge in [0.05, 0.1) is 18.0 Å². The van der Waals surface area contributed by atoms with Gasteiger partial charge in [-0.1, -0.05) is 23.2 Å². The monoisotopic (exact) mass is 400 g/mol. The first-order chi connectivity index (χ1) is 13.1. The number of hydrazone groups is 1. The summed E-state index contributed by atoms with van der Waals surface area (Å²) in [5.41, 5.74) is 2.29. The molecule has 1 aromatic heterocycles. The number of hydrogen-bond donors (Lipinski definition) is 1. The molecule has 1 N–H and O–H groups in total. The van der Waals surface area contributed by atoms with Gasteiger partial charge in [0.25, 0.3) is 0 Å². The first-order valence-electron chi connectivity index (χ1n) is 8.44. The number of rotatable bonds is 2. The average Bonchev–Trinajstić information content (AvgIpc) is 3.33. The Labute approximate surface area is 165 Å². The number of fused-ring (bicyclic) bond motifs is 3. The number of furan rings is 1. The lowest BCUT2D eigenvalue weighted by atomic mass is 9.96. The first kappa shape index (κ1) is 16.5. The molecule has 2 aliphatic rings. The molecule has 0 amide bonds. The zero-order valence-corrected chi connectivity index (χ0v) is 15.5. The van der Waals surface area contributed by atoms with Crippen molar-refractivity contribution in [2.45, 2.75) is 18.7 Å². The molecule has 0 fully saturated rings. The van der Waals surface area contributed by atoms with Crippen molar-refractivity contribution in [2.24, 2.45) is 5.10 Å². The molecule has 0 unspecified atom stereocenters. The minimum atomic E-state index is -0.502. The molecule has 136 valence electrons. The van der Waals surface area contributed by atoms with E-state index in [9.17, 15) is 5.11 Å². The third-order valence-corrected chi connectivity index (χ3v) is 5.28. The fourth-order valence-electron chi connectivity index (χ4n) is 3.58. The Hall–Kier alpha value is -2.63. The van der Waals surface area contributed by atoms with Gasteiger partial charge in [0.1, 0.15) is 11.5 Å². The highest BCUT2D eigenvalue weighted by Gasteiger charge is 2.42. The molecule has 5 rings (SSSR count). The number of phenolic OH excluding ortho intramolecular Hbond substituents is 1. The van der Waals surface area contributed by atoms with E-state index in [4.69, 9.17) is 37.5 Å². The van der Waals surface area contributed by atoms with Crippen molar-refractivity contribution in [1.82, 2.24) is 5.01 Å². The number of ether oxygens (including phenoxy) is 1. The second-order valence-electron chi connectivity index (χ2n) is 6.48. The molecule has 0 saturated heterocycles. The summed E-state index contributed by atoms with van der Waals surface area (Å²) in [4.78, 5) is 0. The summed E-state index contributed by atoms with van der Waals surface area (Å²) in [5, 5.41) is 18.1. The number of hydrogen-bond acceptors (Lipinski definition) is 5. The smallest absolute Gasteiger partial charge is 0.246 e. The highest BCUT2D eigenvalue weighted by molar-refractivity contribution is 6.31. The standard InChI is InChI=1S/C20H14Cl2N2O3/c21-11-3-5-17(25)13(8-11)15-10-16-14-9-12(22)4-6-18(14)27-20(24(16)23-15)19-2-1-7-26-19/h1-9,16,20,25H,10H2/t16-,20+/m1/s1. The maximum Gasteiger partial charge on any atom is 0.246 e. The van der Waals surface area contributed by atoms with Crippen molar-refractivity contribution in [1.29, 1.82) is 0 Å². The molecule has 27 heavy (non-hydrogen) atoms. The van der Waals surface area contributed by atoms with Crippen LogP contribution in [0.3, 0.4) is 0 Å². The van der Waals surface area contributed by atoms with E-state index >= 15 is 0 Å². The molecule has 2 atom stereocenters. The van der Waals surface area contributed by atoms with Crippen LogP contribution in [-0.4, -0.2) is 15.8 Å². The van der Waals surface area contributed by atoms with Crippen LogP contribution in [0.2, 0.25) is 10.0 Å². The fraction of sp³-hybridized carbons (Fsp3) is 0.150. The molecule has 0 saturated carbocycles. The van der Waals surface area contributed by atoms with Gasteiger partial charge < -0.3 is 14.3 Å². The molecule has 0 radical (unpaired) electrons. The summed E-state index contributed by atoms with van der Waals surface area (Å²) in [7, 11) is 0. The van der Waals surface area contributed by atoms with Crippen LogP contribution in [0.25, 0.3) is 0 Å². The molecular formula is C20H14Cl2N2O3. The van der Waals surface area contributed by atoms with Crippen molar-refractivity contribution >= 4 is 28.9 Å². The van der Waals surface area contributed by atoms with Gasteiger partial charge in [0.15, 0.2) is 5.76 Å². The van der Waals surface area contributed by atoms with E-state index in [-0.39, 0.29) is 11.8 Å². The van der Waals surface area contributed by atoms with Crippen LogP contribution < -0.4 is 4.74 Å². The summed E-state index contributed by atoms with van der Waals surface area (Å²) in [6.45, 7) is 0. The Morgan fingerprint density at radius 1 is 1.07 bits per heavy atom. The fourth-order valence-corrected chi connectivity index (χ4v) is 3.93. The van der Waals surface area contributed by atoms with Crippen LogP contribution in [0, 0.1) is 0 Å². The van der Waals surface area contributed by atoms with Gasteiger partial charge in [-0.25, -0.2) is 5.01 Å². The predicted molar refractivity (Wildman–Crippen MR) is 102 cm³/mol. The molecule has 0 spiro atoms. The van der Waals surface area contributed by atoms with E-state index in [1.807, 2.05) is 29.3 Å². The van der Waals surface area contributed by atoms with Crippen LogP contribution in [0.4, 0.5) is 0 Å². The lowest BCUT2D eigenvalue weighted by Gasteiger charge is -2.36. The quantitative estimate of drug-likeness (QED) is 0.613. The molecule has 0 bridgehead atoms. The summed E-state index contributed by atoms with van der Waals surface area (Å²) in [6.07, 6.45) is 1.69. The Bertz CT molecular complexity index is 1050. The Morgan fingerprint density at radius 2 is 1.89 bits per heavy atom. The maximum atomic E-state index is 10.3. The van der Waals surface area contributed by atoms with Gasteiger partial charge in [-0.3, -0.25) is 0 Å². The minimum absolute atomic E-state index is 0.0871. The lowest BCUT2D eigenvalue weighted by molar-refractivity contribution is -0.0325. The lowest BCUT2D eigenvalue weighted by Crippen LogP contribution is -2.33. The molecule has 5 nitrogen and oxygen atoms in total. The Kier molecular flexibility index (Phi) is 3.81. The molecule has 7 heteroatoms. The van der Waals surface area contributed by atoms with Crippen LogP contribution in [0.5, 0.6) is 11.5 Å². The molecule has 2 aromatic carbocycles. The van der Waals surface area contributed by atoms with Gasteiger partial charge in [-0.05, 0) is 48.5 Å². The third-order valence-electron chi connectivity index (χ3n) is 4.81. The van der Waals surface area contributed by atoms with Crippen LogP contribution in [0.1, 0.15) is 35.6 Å². The summed E-state index contributed by atoms with van der Waals surface area (Å²) in [6, 6.07) is 14.1. The molecular weight excluding hydrogens is 387 g/mol. The van der Waals surface area contributed by atoms with Gasteiger partial charge in [0, 0.05) is 27.6 Å². The van der Waals surface area contributed by atoms with Crippen molar-refractivity contribution in [3.05, 3.63) is 81.7 Å². The van der Waals surface area contributed by atoms with E-state index in [1.54, 1.807) is 30.5 Å². The van der Waals surface area contributed by atoms with Crippen LogP contribution in [0.15, 0.2) is 64.3 Å².